The third-order valence-corrected chi connectivity index (χ3v) is 6.55. The van der Waals surface area contributed by atoms with Crippen molar-refractivity contribution < 1.29 is 33.0 Å². The van der Waals surface area contributed by atoms with Gasteiger partial charge in [-0.2, -0.15) is 10.1 Å². The number of hydrogen-bond donors (Lipinski definition) is 4. The lowest BCUT2D eigenvalue weighted by molar-refractivity contribution is -0.131. The van der Waals surface area contributed by atoms with Gasteiger partial charge in [0.25, 0.3) is 5.91 Å². The molecule has 3 amide bonds. The van der Waals surface area contributed by atoms with Crippen LogP contribution in [-0.2, 0) is 9.59 Å². The predicted molar refractivity (Wildman–Crippen MR) is 139 cm³/mol. The molecule has 11 nitrogen and oxygen atoms in total. The fraction of sp³-hybridized carbons (Fsp3) is 0.222. The maximum absolute atomic E-state index is 15.0. The number of benzene rings is 2. The number of nitrogens with zero attached hydrogens (tertiary/aromatic N) is 3. The molecular formula is C27H24F2N6O5. The van der Waals surface area contributed by atoms with E-state index in [1.807, 2.05) is 0 Å². The van der Waals surface area contributed by atoms with E-state index in [9.17, 15) is 18.8 Å². The molecular weight excluding hydrogens is 526 g/mol. The van der Waals surface area contributed by atoms with Crippen molar-refractivity contribution in [3.63, 3.8) is 0 Å². The van der Waals surface area contributed by atoms with Gasteiger partial charge in [-0.25, -0.2) is 13.3 Å². The first-order valence-electron chi connectivity index (χ1n) is 12.3. The minimum absolute atomic E-state index is 0.00112. The molecule has 1 saturated carbocycles. The summed E-state index contributed by atoms with van der Waals surface area (Å²) in [6.07, 6.45) is 3.29. The Kier molecular flexibility index (Phi) is 7.13. The summed E-state index contributed by atoms with van der Waals surface area (Å²) in [5, 5.41) is 20.8. The van der Waals surface area contributed by atoms with Crippen LogP contribution in [0.5, 0.6) is 11.6 Å². The first kappa shape index (κ1) is 26.7. The van der Waals surface area contributed by atoms with E-state index >= 15 is 4.39 Å². The lowest BCUT2D eigenvalue weighted by Crippen LogP contribution is -2.35. The molecule has 5 rings (SSSR count). The van der Waals surface area contributed by atoms with Gasteiger partial charge in [-0.3, -0.25) is 14.4 Å². The second-order valence-electron chi connectivity index (χ2n) is 9.25. The summed E-state index contributed by atoms with van der Waals surface area (Å²) in [5.74, 6) is -3.00. The third-order valence-electron chi connectivity index (χ3n) is 6.55. The van der Waals surface area contributed by atoms with Crippen molar-refractivity contribution in [1.82, 2.24) is 19.9 Å². The largest absolute Gasteiger partial charge is 0.434 e. The van der Waals surface area contributed by atoms with Gasteiger partial charge in [0, 0.05) is 30.2 Å². The Bertz CT molecular complexity index is 1620. The SMILES string of the molecule is Cc1c(C(=O)NCCO)cn2ncnc(Oc3ccc(NC(=O)C4(C(=O)Nc5ccc(F)cc5)CC4)cc3F)c12. The quantitative estimate of drug-likeness (QED) is 0.234. The number of rotatable bonds is 9. The number of aliphatic hydroxyl groups is 1. The van der Waals surface area contributed by atoms with Gasteiger partial charge in [0.15, 0.2) is 11.6 Å². The van der Waals surface area contributed by atoms with Gasteiger partial charge in [-0.1, -0.05) is 0 Å². The molecule has 2 aromatic carbocycles. The van der Waals surface area contributed by atoms with E-state index < -0.39 is 34.8 Å². The number of ether oxygens (including phenoxy) is 1. The van der Waals surface area contributed by atoms with E-state index in [2.05, 4.69) is 26.0 Å². The highest BCUT2D eigenvalue weighted by molar-refractivity contribution is 6.16. The Morgan fingerprint density at radius 1 is 1.05 bits per heavy atom. The smallest absolute Gasteiger partial charge is 0.253 e. The molecule has 2 heterocycles. The minimum atomic E-state index is -1.31. The molecule has 4 aromatic rings. The van der Waals surface area contributed by atoms with E-state index in [0.29, 0.717) is 29.6 Å². The van der Waals surface area contributed by atoms with Crippen LogP contribution in [0.4, 0.5) is 20.2 Å². The molecule has 0 bridgehead atoms. The second-order valence-corrected chi connectivity index (χ2v) is 9.25. The van der Waals surface area contributed by atoms with Crippen LogP contribution in [0, 0.1) is 24.0 Å². The van der Waals surface area contributed by atoms with E-state index in [1.165, 1.54) is 53.4 Å². The summed E-state index contributed by atoms with van der Waals surface area (Å²) in [7, 11) is 0. The average molecular weight is 551 g/mol. The fourth-order valence-corrected chi connectivity index (χ4v) is 4.18. The van der Waals surface area contributed by atoms with Crippen LogP contribution in [0.2, 0.25) is 0 Å². The lowest BCUT2D eigenvalue weighted by atomic mass is 10.0. The normalized spacial score (nSPS) is 13.5. The zero-order valence-corrected chi connectivity index (χ0v) is 21.2. The molecule has 0 aliphatic heterocycles. The summed E-state index contributed by atoms with van der Waals surface area (Å²) >= 11 is 0. The zero-order chi connectivity index (χ0) is 28.4. The number of carbonyl (C=O) groups excluding carboxylic acids is 3. The van der Waals surface area contributed by atoms with Gasteiger partial charge in [0.05, 0.1) is 12.2 Å². The number of amides is 3. The van der Waals surface area contributed by atoms with Crippen LogP contribution in [0.25, 0.3) is 5.52 Å². The molecule has 4 N–H and O–H groups in total. The molecule has 206 valence electrons. The van der Waals surface area contributed by atoms with Crippen molar-refractivity contribution in [1.29, 1.82) is 0 Å². The molecule has 0 saturated heterocycles. The van der Waals surface area contributed by atoms with Crippen LogP contribution >= 0.6 is 0 Å². The van der Waals surface area contributed by atoms with Gasteiger partial charge in [0.1, 0.15) is 23.1 Å². The predicted octanol–water partition coefficient (Wildman–Crippen LogP) is 3.19. The van der Waals surface area contributed by atoms with E-state index in [-0.39, 0.29) is 36.0 Å². The maximum Gasteiger partial charge on any atom is 0.253 e. The summed E-state index contributed by atoms with van der Waals surface area (Å²) in [5.41, 5.74) is 0.286. The van der Waals surface area contributed by atoms with Gasteiger partial charge in [-0.05, 0) is 61.7 Å². The van der Waals surface area contributed by atoms with Crippen LogP contribution in [0.15, 0.2) is 55.0 Å². The van der Waals surface area contributed by atoms with E-state index in [0.717, 1.165) is 6.07 Å². The molecule has 40 heavy (non-hydrogen) atoms. The number of hydrogen-bond acceptors (Lipinski definition) is 7. The first-order valence-corrected chi connectivity index (χ1v) is 12.3. The van der Waals surface area contributed by atoms with Gasteiger partial charge in [0.2, 0.25) is 17.7 Å². The summed E-state index contributed by atoms with van der Waals surface area (Å²) in [6, 6.07) is 8.95. The topological polar surface area (TPSA) is 147 Å². The molecule has 1 fully saturated rings. The Morgan fingerprint density at radius 3 is 2.38 bits per heavy atom. The Balaban J connectivity index is 1.30. The van der Waals surface area contributed by atoms with Crippen LogP contribution in [-0.4, -0.2) is 50.6 Å². The molecule has 0 atom stereocenters. The first-order chi connectivity index (χ1) is 19.2. The van der Waals surface area contributed by atoms with Crippen LogP contribution in [0.3, 0.4) is 0 Å². The fourth-order valence-electron chi connectivity index (χ4n) is 4.18. The van der Waals surface area contributed by atoms with Crippen LogP contribution in [0.1, 0.15) is 28.8 Å². The zero-order valence-electron chi connectivity index (χ0n) is 21.2. The van der Waals surface area contributed by atoms with E-state index in [4.69, 9.17) is 9.84 Å². The number of aryl methyl sites for hydroxylation is 1. The standard InChI is InChI=1S/C27H24F2N6O5/c1-15-19(23(37)30-10-11-36)13-35-22(15)24(31-14-32-35)40-21-7-6-18(12-20(21)29)34-26(39)27(8-9-27)25(38)33-17-4-2-16(28)3-5-17/h2-7,12-14,36H,8-11H2,1H3,(H,30,37)(H,33,38)(H,34,39). The molecule has 13 heteroatoms. The average Bonchev–Trinajstić information content (AvgIpc) is 3.69. The molecule has 0 unspecified atom stereocenters. The van der Waals surface area contributed by atoms with Crippen molar-refractivity contribution in [2.75, 3.05) is 23.8 Å². The number of halogens is 2. The summed E-state index contributed by atoms with van der Waals surface area (Å²) in [6.45, 7) is 1.52. The molecule has 1 aliphatic carbocycles. The molecule has 2 aromatic heterocycles. The number of aliphatic hydroxyl groups excluding tert-OH is 1. The molecule has 0 spiro atoms. The highest BCUT2D eigenvalue weighted by Gasteiger charge is 2.56. The molecule has 1 aliphatic rings. The number of carbonyl (C=O) groups is 3. The number of anilines is 2. The Labute approximate surface area is 226 Å². The highest BCUT2D eigenvalue weighted by atomic mass is 19.1. The summed E-state index contributed by atoms with van der Waals surface area (Å²) < 4.78 is 35.2. The van der Waals surface area contributed by atoms with E-state index in [1.54, 1.807) is 6.92 Å². The van der Waals surface area contributed by atoms with Gasteiger partial charge < -0.3 is 25.8 Å². The highest BCUT2D eigenvalue weighted by Crippen LogP contribution is 2.47. The van der Waals surface area contributed by atoms with Crippen molar-refractivity contribution in [3.05, 3.63) is 77.8 Å². The number of aromatic nitrogens is 3. The lowest BCUT2D eigenvalue weighted by Gasteiger charge is -2.16. The number of nitrogens with one attached hydrogen (secondary N) is 3. The Hall–Kier alpha value is -4.91. The monoisotopic (exact) mass is 550 g/mol. The van der Waals surface area contributed by atoms with Crippen molar-refractivity contribution in [2.24, 2.45) is 5.41 Å². The van der Waals surface area contributed by atoms with Crippen LogP contribution < -0.4 is 20.7 Å². The van der Waals surface area contributed by atoms with Crippen molar-refractivity contribution in [2.45, 2.75) is 19.8 Å². The molecule has 0 radical (unpaired) electrons. The third kappa shape index (κ3) is 5.18. The summed E-state index contributed by atoms with van der Waals surface area (Å²) in [4.78, 5) is 42.2. The number of fused-ring (bicyclic) bond motifs is 1. The van der Waals surface area contributed by atoms with Crippen molar-refractivity contribution >= 4 is 34.6 Å². The van der Waals surface area contributed by atoms with Gasteiger partial charge in [-0.15, -0.1) is 0 Å². The minimum Gasteiger partial charge on any atom is -0.434 e. The van der Waals surface area contributed by atoms with Gasteiger partial charge >= 0.3 is 0 Å². The van der Waals surface area contributed by atoms with Crippen molar-refractivity contribution in [3.8, 4) is 11.6 Å². The maximum atomic E-state index is 15.0. The Morgan fingerprint density at radius 2 is 1.73 bits per heavy atom. The second kappa shape index (κ2) is 10.7.